The van der Waals surface area contributed by atoms with Gasteiger partial charge in [0.1, 0.15) is 11.1 Å². The quantitative estimate of drug-likeness (QED) is 0.755. The van der Waals surface area contributed by atoms with Crippen molar-refractivity contribution < 1.29 is 4.79 Å². The first-order valence-corrected chi connectivity index (χ1v) is 11.7. The van der Waals surface area contributed by atoms with Gasteiger partial charge in [-0.2, -0.15) is 5.26 Å². The van der Waals surface area contributed by atoms with Gasteiger partial charge in [-0.15, -0.1) is 11.3 Å². The Balaban J connectivity index is 1.29. The van der Waals surface area contributed by atoms with Crippen molar-refractivity contribution in [1.29, 1.82) is 5.26 Å². The lowest BCUT2D eigenvalue weighted by atomic mass is 9.89. The molecule has 2 heterocycles. The molecule has 1 fully saturated rings. The Hall–Kier alpha value is -1.91. The monoisotopic (exact) mass is 442 g/mol. The van der Waals surface area contributed by atoms with E-state index >= 15 is 0 Å². The first-order chi connectivity index (χ1) is 14.5. The Bertz CT molecular complexity index is 959. The second kappa shape index (κ2) is 9.49. The van der Waals surface area contributed by atoms with Crippen molar-refractivity contribution >= 4 is 33.8 Å². The minimum absolute atomic E-state index is 0.0264. The molecule has 158 valence electrons. The third kappa shape index (κ3) is 5.04. The van der Waals surface area contributed by atoms with Crippen LogP contribution in [0.25, 0.3) is 0 Å². The van der Waals surface area contributed by atoms with E-state index in [9.17, 15) is 10.1 Å². The number of nitrogens with one attached hydrogen (secondary N) is 1. The number of fused-ring (bicyclic) bond motifs is 1. The molecule has 7 heteroatoms. The van der Waals surface area contributed by atoms with Crippen molar-refractivity contribution in [3.05, 3.63) is 50.9 Å². The number of amides is 1. The molecule has 4 rings (SSSR count). The SMILES string of the molecule is CC1CCc2c(sc(NC(=O)CN3CCN(Cc4cccc(Cl)c4)CC3)c2C#N)C1. The van der Waals surface area contributed by atoms with E-state index in [0.29, 0.717) is 18.0 Å². The summed E-state index contributed by atoms with van der Waals surface area (Å²) in [6.45, 7) is 7.07. The van der Waals surface area contributed by atoms with Crippen LogP contribution in [0.4, 0.5) is 5.00 Å². The molecule has 1 atom stereocenters. The Morgan fingerprint density at radius 1 is 1.30 bits per heavy atom. The first kappa shape index (κ1) is 21.3. The second-order valence-electron chi connectivity index (χ2n) is 8.40. The van der Waals surface area contributed by atoms with Gasteiger partial charge in [0.2, 0.25) is 5.91 Å². The van der Waals surface area contributed by atoms with Gasteiger partial charge in [-0.3, -0.25) is 14.6 Å². The minimum Gasteiger partial charge on any atom is -0.315 e. The summed E-state index contributed by atoms with van der Waals surface area (Å²) >= 11 is 7.67. The molecule has 1 aliphatic heterocycles. The molecule has 0 radical (unpaired) electrons. The number of thiophene rings is 1. The van der Waals surface area contributed by atoms with Crippen molar-refractivity contribution in [2.45, 2.75) is 32.7 Å². The average Bonchev–Trinajstić information content (AvgIpc) is 3.05. The van der Waals surface area contributed by atoms with Crippen LogP contribution < -0.4 is 5.32 Å². The summed E-state index contributed by atoms with van der Waals surface area (Å²) in [6.07, 6.45) is 3.07. The molecule has 5 nitrogen and oxygen atoms in total. The Morgan fingerprint density at radius 2 is 2.07 bits per heavy atom. The third-order valence-electron chi connectivity index (χ3n) is 6.00. The van der Waals surface area contributed by atoms with Gasteiger partial charge in [-0.1, -0.05) is 30.7 Å². The average molecular weight is 443 g/mol. The predicted octanol–water partition coefficient (Wildman–Crippen LogP) is 4.15. The number of hydrogen-bond acceptors (Lipinski definition) is 5. The molecular weight excluding hydrogens is 416 g/mol. The number of nitriles is 1. The zero-order valence-corrected chi connectivity index (χ0v) is 18.9. The second-order valence-corrected chi connectivity index (χ2v) is 9.94. The molecule has 2 aliphatic rings. The number of halogens is 1. The first-order valence-electron chi connectivity index (χ1n) is 10.6. The number of benzene rings is 1. The molecule has 0 spiro atoms. The number of carbonyl (C=O) groups excluding carboxylic acids is 1. The third-order valence-corrected chi connectivity index (χ3v) is 7.41. The van der Waals surface area contributed by atoms with E-state index < -0.39 is 0 Å². The fourth-order valence-corrected chi connectivity index (χ4v) is 5.92. The van der Waals surface area contributed by atoms with E-state index in [2.05, 4.69) is 34.2 Å². The van der Waals surface area contributed by atoms with Crippen LogP contribution in [-0.4, -0.2) is 48.4 Å². The summed E-state index contributed by atoms with van der Waals surface area (Å²) in [5.74, 6) is 0.621. The Labute approximate surface area is 187 Å². The maximum Gasteiger partial charge on any atom is 0.239 e. The van der Waals surface area contributed by atoms with Crippen LogP contribution in [-0.2, 0) is 24.2 Å². The van der Waals surface area contributed by atoms with Gasteiger partial charge in [-0.05, 0) is 48.4 Å². The highest BCUT2D eigenvalue weighted by molar-refractivity contribution is 7.16. The van der Waals surface area contributed by atoms with Gasteiger partial charge >= 0.3 is 0 Å². The number of carbonyl (C=O) groups is 1. The molecule has 0 saturated carbocycles. The van der Waals surface area contributed by atoms with Crippen molar-refractivity contribution in [2.75, 3.05) is 38.0 Å². The predicted molar refractivity (Wildman–Crippen MR) is 122 cm³/mol. The maximum atomic E-state index is 12.7. The highest BCUT2D eigenvalue weighted by Crippen LogP contribution is 2.39. The zero-order chi connectivity index (χ0) is 21.1. The van der Waals surface area contributed by atoms with Gasteiger partial charge in [0.05, 0.1) is 12.1 Å². The van der Waals surface area contributed by atoms with Crippen LogP contribution in [0.5, 0.6) is 0 Å². The van der Waals surface area contributed by atoms with Gasteiger partial charge in [0.25, 0.3) is 0 Å². The minimum atomic E-state index is -0.0264. The highest BCUT2D eigenvalue weighted by Gasteiger charge is 2.25. The number of nitrogens with zero attached hydrogens (tertiary/aromatic N) is 3. The van der Waals surface area contributed by atoms with Crippen LogP contribution in [0.1, 0.15) is 34.9 Å². The smallest absolute Gasteiger partial charge is 0.239 e. The summed E-state index contributed by atoms with van der Waals surface area (Å²) in [4.78, 5) is 18.5. The molecule has 1 amide bonds. The van der Waals surface area contributed by atoms with Crippen LogP contribution in [0, 0.1) is 17.2 Å². The van der Waals surface area contributed by atoms with Crippen molar-refractivity contribution in [3.8, 4) is 6.07 Å². The van der Waals surface area contributed by atoms with E-state index in [1.54, 1.807) is 11.3 Å². The molecule has 2 aromatic rings. The van der Waals surface area contributed by atoms with Crippen LogP contribution in [0.15, 0.2) is 24.3 Å². The molecule has 30 heavy (non-hydrogen) atoms. The lowest BCUT2D eigenvalue weighted by Gasteiger charge is -2.34. The highest BCUT2D eigenvalue weighted by atomic mass is 35.5. The molecule has 1 aliphatic carbocycles. The molecule has 1 unspecified atom stereocenters. The standard InChI is InChI=1S/C23H27ClN4OS/c1-16-5-6-19-20(13-25)23(30-21(19)11-16)26-22(29)15-28-9-7-27(8-10-28)14-17-3-2-4-18(24)12-17/h2-4,12,16H,5-11,14-15H2,1H3,(H,26,29). The molecule has 1 aromatic heterocycles. The molecule has 1 N–H and O–H groups in total. The summed E-state index contributed by atoms with van der Waals surface area (Å²) in [6, 6.07) is 10.3. The number of anilines is 1. The van der Waals surface area contributed by atoms with E-state index in [0.717, 1.165) is 67.6 Å². The fourth-order valence-electron chi connectivity index (χ4n) is 4.33. The van der Waals surface area contributed by atoms with Crippen LogP contribution >= 0.6 is 22.9 Å². The largest absolute Gasteiger partial charge is 0.315 e. The molecule has 0 bridgehead atoms. The summed E-state index contributed by atoms with van der Waals surface area (Å²) in [7, 11) is 0. The Kier molecular flexibility index (Phi) is 6.74. The Morgan fingerprint density at radius 3 is 2.80 bits per heavy atom. The fraction of sp³-hybridized carbons (Fsp3) is 0.478. The van der Waals surface area contributed by atoms with E-state index in [1.165, 1.54) is 10.4 Å². The van der Waals surface area contributed by atoms with Gasteiger partial charge in [0.15, 0.2) is 0 Å². The van der Waals surface area contributed by atoms with Crippen LogP contribution in [0.2, 0.25) is 5.02 Å². The summed E-state index contributed by atoms with van der Waals surface area (Å²) in [5.41, 5.74) is 3.06. The molecule has 1 saturated heterocycles. The van der Waals surface area contributed by atoms with E-state index in [-0.39, 0.29) is 5.91 Å². The van der Waals surface area contributed by atoms with Crippen LogP contribution in [0.3, 0.4) is 0 Å². The molecule has 1 aromatic carbocycles. The van der Waals surface area contributed by atoms with E-state index in [4.69, 9.17) is 11.6 Å². The number of hydrogen-bond donors (Lipinski definition) is 1. The topological polar surface area (TPSA) is 59.4 Å². The maximum absolute atomic E-state index is 12.7. The van der Waals surface area contributed by atoms with Crippen molar-refractivity contribution in [2.24, 2.45) is 5.92 Å². The summed E-state index contributed by atoms with van der Waals surface area (Å²) < 4.78 is 0. The van der Waals surface area contributed by atoms with Gasteiger partial charge in [0, 0.05) is 42.6 Å². The van der Waals surface area contributed by atoms with Crippen molar-refractivity contribution in [3.63, 3.8) is 0 Å². The van der Waals surface area contributed by atoms with Gasteiger partial charge in [-0.25, -0.2) is 0 Å². The number of piperazine rings is 1. The summed E-state index contributed by atoms with van der Waals surface area (Å²) in [5, 5.41) is 14.1. The lowest BCUT2D eigenvalue weighted by molar-refractivity contribution is -0.117. The van der Waals surface area contributed by atoms with E-state index in [1.807, 2.05) is 18.2 Å². The van der Waals surface area contributed by atoms with Gasteiger partial charge < -0.3 is 5.32 Å². The lowest BCUT2D eigenvalue weighted by Crippen LogP contribution is -2.48. The molecular formula is C23H27ClN4OS. The number of rotatable bonds is 5. The van der Waals surface area contributed by atoms with Crippen molar-refractivity contribution in [1.82, 2.24) is 9.80 Å². The normalized spacial score (nSPS) is 19.8. The zero-order valence-electron chi connectivity index (χ0n) is 17.3.